The number of nitrogens with one attached hydrogen (secondary N) is 1. The van der Waals surface area contributed by atoms with Crippen molar-refractivity contribution in [3.8, 4) is 0 Å². The number of nitrogens with two attached hydrogens (primary N) is 1. The fourth-order valence-electron chi connectivity index (χ4n) is 2.31. The summed E-state index contributed by atoms with van der Waals surface area (Å²) in [6, 6.07) is 0.327. The Morgan fingerprint density at radius 1 is 1.20 bits per heavy atom. The van der Waals surface area contributed by atoms with Gasteiger partial charge in [0, 0.05) is 19.1 Å². The van der Waals surface area contributed by atoms with E-state index in [1.54, 1.807) is 0 Å². The summed E-state index contributed by atoms with van der Waals surface area (Å²) in [7, 11) is 0. The van der Waals surface area contributed by atoms with Crippen molar-refractivity contribution in [2.24, 2.45) is 23.0 Å². The molecule has 1 saturated carbocycles. The van der Waals surface area contributed by atoms with E-state index in [0.717, 1.165) is 25.4 Å². The summed E-state index contributed by atoms with van der Waals surface area (Å²) >= 11 is 0. The lowest BCUT2D eigenvalue weighted by Gasteiger charge is -2.22. The predicted octanol–water partition coefficient (Wildman–Crippen LogP) is 2.39. The summed E-state index contributed by atoms with van der Waals surface area (Å²) in [6.07, 6.45) is 3.93. The zero-order valence-electron chi connectivity index (χ0n) is 10.8. The maximum Gasteiger partial charge on any atom is 0.0167 e. The standard InChI is InChI=1S/C13H28N2/c1-10(2)7-12(14)8-15-9-13(5-6-13)11(3)4/h10-12,15H,5-9,14H2,1-4H3. The Kier molecular flexibility index (Phi) is 4.60. The van der Waals surface area contributed by atoms with Crippen LogP contribution in [0.2, 0.25) is 0 Å². The lowest BCUT2D eigenvalue weighted by Crippen LogP contribution is -2.38. The summed E-state index contributed by atoms with van der Waals surface area (Å²) in [4.78, 5) is 0. The van der Waals surface area contributed by atoms with Crippen LogP contribution in [0.15, 0.2) is 0 Å². The molecule has 0 saturated heterocycles. The Labute approximate surface area is 95.0 Å². The van der Waals surface area contributed by atoms with Gasteiger partial charge in [-0.3, -0.25) is 0 Å². The number of hydrogen-bond donors (Lipinski definition) is 2. The van der Waals surface area contributed by atoms with E-state index in [9.17, 15) is 0 Å². The van der Waals surface area contributed by atoms with Gasteiger partial charge in [-0.05, 0) is 36.5 Å². The third kappa shape index (κ3) is 4.12. The second-order valence-corrected chi connectivity index (χ2v) is 6.04. The van der Waals surface area contributed by atoms with Crippen LogP contribution in [0.4, 0.5) is 0 Å². The average Bonchev–Trinajstić information content (AvgIpc) is 2.83. The highest BCUT2D eigenvalue weighted by Gasteiger charge is 2.44. The van der Waals surface area contributed by atoms with Crippen molar-refractivity contribution in [3.63, 3.8) is 0 Å². The molecule has 0 bridgehead atoms. The van der Waals surface area contributed by atoms with E-state index in [2.05, 4.69) is 33.0 Å². The smallest absolute Gasteiger partial charge is 0.0167 e. The number of hydrogen-bond acceptors (Lipinski definition) is 2. The van der Waals surface area contributed by atoms with E-state index < -0.39 is 0 Å². The predicted molar refractivity (Wildman–Crippen MR) is 66.8 cm³/mol. The Morgan fingerprint density at radius 2 is 1.80 bits per heavy atom. The molecule has 0 heterocycles. The highest BCUT2D eigenvalue weighted by atomic mass is 14.9. The van der Waals surface area contributed by atoms with Crippen LogP contribution in [-0.2, 0) is 0 Å². The van der Waals surface area contributed by atoms with Crippen LogP contribution < -0.4 is 11.1 Å². The van der Waals surface area contributed by atoms with Crippen molar-refractivity contribution in [1.82, 2.24) is 5.32 Å². The molecule has 0 amide bonds. The van der Waals surface area contributed by atoms with Gasteiger partial charge in [0.2, 0.25) is 0 Å². The molecule has 0 spiro atoms. The van der Waals surface area contributed by atoms with Gasteiger partial charge in [-0.25, -0.2) is 0 Å². The van der Waals surface area contributed by atoms with Gasteiger partial charge in [-0.2, -0.15) is 0 Å². The molecule has 2 heteroatoms. The molecule has 0 aliphatic heterocycles. The van der Waals surface area contributed by atoms with E-state index in [4.69, 9.17) is 5.73 Å². The Bertz CT molecular complexity index is 183. The monoisotopic (exact) mass is 212 g/mol. The van der Waals surface area contributed by atoms with Gasteiger partial charge in [0.25, 0.3) is 0 Å². The Hall–Kier alpha value is -0.0800. The fraction of sp³-hybridized carbons (Fsp3) is 1.00. The molecule has 1 rings (SSSR count). The molecule has 0 radical (unpaired) electrons. The van der Waals surface area contributed by atoms with Gasteiger partial charge in [-0.1, -0.05) is 27.7 Å². The molecule has 1 fully saturated rings. The third-order valence-electron chi connectivity index (χ3n) is 3.77. The first-order chi connectivity index (χ1) is 6.96. The topological polar surface area (TPSA) is 38.0 Å². The van der Waals surface area contributed by atoms with Gasteiger partial charge in [0.1, 0.15) is 0 Å². The van der Waals surface area contributed by atoms with Crippen molar-refractivity contribution in [2.75, 3.05) is 13.1 Å². The lowest BCUT2D eigenvalue weighted by atomic mass is 9.92. The van der Waals surface area contributed by atoms with Crippen LogP contribution in [0.25, 0.3) is 0 Å². The largest absolute Gasteiger partial charge is 0.327 e. The molecule has 0 aromatic carbocycles. The second-order valence-electron chi connectivity index (χ2n) is 6.04. The first kappa shape index (κ1) is 13.0. The summed E-state index contributed by atoms with van der Waals surface area (Å²) in [5.41, 5.74) is 6.65. The van der Waals surface area contributed by atoms with Gasteiger partial charge in [0.05, 0.1) is 0 Å². The number of rotatable bonds is 7. The molecule has 1 aliphatic rings. The van der Waals surface area contributed by atoms with Gasteiger partial charge >= 0.3 is 0 Å². The van der Waals surface area contributed by atoms with Crippen LogP contribution in [-0.4, -0.2) is 19.1 Å². The molecule has 3 N–H and O–H groups in total. The molecule has 1 unspecified atom stereocenters. The highest BCUT2D eigenvalue weighted by Crippen LogP contribution is 2.51. The van der Waals surface area contributed by atoms with Gasteiger partial charge < -0.3 is 11.1 Å². The zero-order valence-corrected chi connectivity index (χ0v) is 10.8. The van der Waals surface area contributed by atoms with Crippen molar-refractivity contribution >= 4 is 0 Å². The van der Waals surface area contributed by atoms with E-state index in [1.165, 1.54) is 12.8 Å². The van der Waals surface area contributed by atoms with Crippen molar-refractivity contribution in [1.29, 1.82) is 0 Å². The Morgan fingerprint density at radius 3 is 2.20 bits per heavy atom. The zero-order chi connectivity index (χ0) is 11.5. The van der Waals surface area contributed by atoms with Crippen LogP contribution in [0.3, 0.4) is 0 Å². The van der Waals surface area contributed by atoms with Crippen LogP contribution in [0.5, 0.6) is 0 Å². The van der Waals surface area contributed by atoms with E-state index in [0.29, 0.717) is 17.4 Å². The summed E-state index contributed by atoms with van der Waals surface area (Å²) in [5, 5.41) is 3.55. The Balaban J connectivity index is 2.11. The normalized spacial score (nSPS) is 21.0. The van der Waals surface area contributed by atoms with Crippen molar-refractivity contribution in [3.05, 3.63) is 0 Å². The van der Waals surface area contributed by atoms with Gasteiger partial charge in [-0.15, -0.1) is 0 Å². The first-order valence-corrected chi connectivity index (χ1v) is 6.42. The molecule has 0 aromatic heterocycles. The molecule has 1 atom stereocenters. The molecule has 90 valence electrons. The fourth-order valence-corrected chi connectivity index (χ4v) is 2.31. The average molecular weight is 212 g/mol. The third-order valence-corrected chi connectivity index (χ3v) is 3.77. The summed E-state index contributed by atoms with van der Waals surface area (Å²) in [6.45, 7) is 11.3. The highest BCUT2D eigenvalue weighted by molar-refractivity contribution is 4.97. The van der Waals surface area contributed by atoms with Crippen LogP contribution in [0, 0.1) is 17.3 Å². The molecule has 0 aromatic rings. The minimum absolute atomic E-state index is 0.327. The van der Waals surface area contributed by atoms with E-state index >= 15 is 0 Å². The molecular weight excluding hydrogens is 184 g/mol. The quantitative estimate of drug-likeness (QED) is 0.680. The minimum Gasteiger partial charge on any atom is -0.327 e. The van der Waals surface area contributed by atoms with E-state index in [1.807, 2.05) is 0 Å². The first-order valence-electron chi connectivity index (χ1n) is 6.42. The minimum atomic E-state index is 0.327. The molecule has 15 heavy (non-hydrogen) atoms. The molecule has 2 nitrogen and oxygen atoms in total. The van der Waals surface area contributed by atoms with Crippen molar-refractivity contribution < 1.29 is 0 Å². The summed E-state index contributed by atoms with van der Waals surface area (Å²) < 4.78 is 0. The SMILES string of the molecule is CC(C)CC(N)CNCC1(C(C)C)CC1. The maximum absolute atomic E-state index is 6.04. The second kappa shape index (κ2) is 5.31. The van der Waals surface area contributed by atoms with Crippen molar-refractivity contribution in [2.45, 2.75) is 53.0 Å². The van der Waals surface area contributed by atoms with E-state index in [-0.39, 0.29) is 0 Å². The molecular formula is C13H28N2. The lowest BCUT2D eigenvalue weighted by molar-refractivity contribution is 0.330. The summed E-state index contributed by atoms with van der Waals surface area (Å²) in [5.74, 6) is 1.52. The molecule has 1 aliphatic carbocycles. The van der Waals surface area contributed by atoms with Gasteiger partial charge in [0.15, 0.2) is 0 Å². The van der Waals surface area contributed by atoms with Crippen LogP contribution in [0.1, 0.15) is 47.0 Å². The maximum atomic E-state index is 6.04. The van der Waals surface area contributed by atoms with Crippen LogP contribution >= 0.6 is 0 Å².